The van der Waals surface area contributed by atoms with Crippen molar-refractivity contribution >= 4 is 18.4 Å². The number of carbonyl (C=O) groups excluding carboxylic acids is 1. The number of quaternary nitrogens is 1. The minimum atomic E-state index is -0.561. The molecule has 1 aromatic carbocycles. The van der Waals surface area contributed by atoms with Gasteiger partial charge in [0.25, 0.3) is 0 Å². The van der Waals surface area contributed by atoms with E-state index < -0.39 is 5.60 Å². The van der Waals surface area contributed by atoms with Gasteiger partial charge in [0, 0.05) is 0 Å². The molecule has 10 heteroatoms. The molecule has 1 N–H and O–H groups in total. The largest absolute Gasteiger partial charge is 0.603 e. The number of hydroxylamine groups is 1. The predicted molar refractivity (Wildman–Crippen MR) is 119 cm³/mol. The van der Waals surface area contributed by atoms with E-state index in [9.17, 15) is 10.0 Å². The molecule has 0 saturated carbocycles. The Morgan fingerprint density at radius 3 is 2.70 bits per heavy atom. The van der Waals surface area contributed by atoms with E-state index in [1.165, 1.54) is 18.7 Å². The number of hydrogen-bond acceptors (Lipinski definition) is 8. The first-order valence-electron chi connectivity index (χ1n) is 10.3. The lowest BCUT2D eigenvalue weighted by Gasteiger charge is -2.31. The van der Waals surface area contributed by atoms with Gasteiger partial charge >= 0.3 is 5.97 Å². The van der Waals surface area contributed by atoms with Gasteiger partial charge in [0.1, 0.15) is 47.4 Å². The van der Waals surface area contributed by atoms with Crippen LogP contribution in [0.3, 0.4) is 0 Å². The van der Waals surface area contributed by atoms with Gasteiger partial charge in [-0.1, -0.05) is 18.1 Å². The molecule has 1 unspecified atom stereocenters. The lowest BCUT2D eigenvalue weighted by molar-refractivity contribution is -0.886. The SMILES string of the molecule is CC(C)(C)OC(=O)c1ccc(CN2C=c3nc(C#CCn4cncn4)cnc3=C[NH+]2[O-])cc1. The van der Waals surface area contributed by atoms with Crippen molar-refractivity contribution in [1.82, 2.24) is 29.7 Å². The highest BCUT2D eigenvalue weighted by molar-refractivity contribution is 5.89. The van der Waals surface area contributed by atoms with Gasteiger partial charge in [-0.25, -0.2) is 34.6 Å². The monoisotopic (exact) mass is 445 g/mol. The average molecular weight is 445 g/mol. The van der Waals surface area contributed by atoms with Gasteiger partial charge in [0.15, 0.2) is 0 Å². The molecule has 0 radical (unpaired) electrons. The Labute approximate surface area is 190 Å². The number of carbonyl (C=O) groups is 1. The van der Waals surface area contributed by atoms with Crippen LogP contribution in [-0.4, -0.2) is 41.3 Å². The summed E-state index contributed by atoms with van der Waals surface area (Å²) in [6, 6.07) is 6.98. The molecule has 0 aliphatic carbocycles. The van der Waals surface area contributed by atoms with E-state index in [1.807, 2.05) is 20.8 Å². The summed E-state index contributed by atoms with van der Waals surface area (Å²) in [7, 11) is 0. The van der Waals surface area contributed by atoms with Crippen LogP contribution in [0.4, 0.5) is 0 Å². The number of nitrogens with one attached hydrogen (secondary N) is 1. The van der Waals surface area contributed by atoms with Crippen LogP contribution >= 0.6 is 0 Å². The molecule has 0 saturated heterocycles. The van der Waals surface area contributed by atoms with Crippen molar-refractivity contribution in [2.45, 2.75) is 39.5 Å². The van der Waals surface area contributed by atoms with Crippen molar-refractivity contribution in [3.05, 3.63) is 75.8 Å². The molecular weight excluding hydrogens is 422 g/mol. The molecule has 0 amide bonds. The summed E-state index contributed by atoms with van der Waals surface area (Å²) in [4.78, 5) is 24.9. The van der Waals surface area contributed by atoms with Crippen molar-refractivity contribution in [3.63, 3.8) is 0 Å². The van der Waals surface area contributed by atoms with Gasteiger partial charge in [-0.05, 0) is 44.4 Å². The molecule has 33 heavy (non-hydrogen) atoms. The second-order valence-corrected chi connectivity index (χ2v) is 8.36. The van der Waals surface area contributed by atoms with Crippen LogP contribution in [-0.2, 0) is 17.8 Å². The highest BCUT2D eigenvalue weighted by atomic mass is 16.6. The number of benzene rings is 1. The molecular formula is C23H23N7O3. The van der Waals surface area contributed by atoms with E-state index >= 15 is 0 Å². The van der Waals surface area contributed by atoms with E-state index in [0.29, 0.717) is 35.0 Å². The molecule has 10 nitrogen and oxygen atoms in total. The summed E-state index contributed by atoms with van der Waals surface area (Å²) in [5.74, 6) is 5.53. The van der Waals surface area contributed by atoms with Crippen LogP contribution < -0.4 is 15.9 Å². The fourth-order valence-electron chi connectivity index (χ4n) is 3.02. The number of fused-ring (bicyclic) bond motifs is 1. The minimum absolute atomic E-state index is 0.196. The van der Waals surface area contributed by atoms with Gasteiger partial charge < -0.3 is 9.94 Å². The summed E-state index contributed by atoms with van der Waals surface area (Å²) < 4.78 is 6.99. The van der Waals surface area contributed by atoms with E-state index in [0.717, 1.165) is 5.56 Å². The summed E-state index contributed by atoms with van der Waals surface area (Å²) in [6.45, 7) is 6.18. The fraction of sp³-hybridized carbons (Fsp3) is 0.261. The number of hydrogen-bond donors (Lipinski definition) is 1. The van der Waals surface area contributed by atoms with Crippen LogP contribution in [0.15, 0.2) is 43.1 Å². The Bertz CT molecular complexity index is 1320. The van der Waals surface area contributed by atoms with Crippen molar-refractivity contribution in [3.8, 4) is 11.8 Å². The molecule has 0 fully saturated rings. The van der Waals surface area contributed by atoms with E-state index in [1.54, 1.807) is 46.5 Å². The lowest BCUT2D eigenvalue weighted by atomic mass is 10.1. The maximum Gasteiger partial charge on any atom is 0.338 e. The molecule has 0 spiro atoms. The fourth-order valence-corrected chi connectivity index (χ4v) is 3.02. The van der Waals surface area contributed by atoms with Gasteiger partial charge in [0.05, 0.1) is 24.5 Å². The number of esters is 1. The van der Waals surface area contributed by atoms with E-state index in [4.69, 9.17) is 4.74 Å². The molecule has 168 valence electrons. The molecule has 4 rings (SSSR count). The van der Waals surface area contributed by atoms with Crippen LogP contribution in [0.2, 0.25) is 0 Å². The third kappa shape index (κ3) is 5.79. The standard InChI is InChI=1S/C23H23N7O3/c1-23(2,3)33-22(31)18-8-6-17(7-9-18)12-29-13-21-20(14-30(29)32)25-11-19(27-21)5-4-10-28-16-24-15-26-28/h6-9,11,13-16,30H,10,12H2,1-3H3. The third-order valence-corrected chi connectivity index (χ3v) is 4.52. The maximum absolute atomic E-state index is 12.5. The number of rotatable bonds is 4. The zero-order chi connectivity index (χ0) is 23.4. The van der Waals surface area contributed by atoms with Crippen LogP contribution in [0.1, 0.15) is 42.4 Å². The van der Waals surface area contributed by atoms with Crippen molar-refractivity contribution in [1.29, 1.82) is 0 Å². The highest BCUT2D eigenvalue weighted by Crippen LogP contribution is 2.13. The van der Waals surface area contributed by atoms with Crippen molar-refractivity contribution in [2.24, 2.45) is 0 Å². The maximum atomic E-state index is 12.5. The van der Waals surface area contributed by atoms with Gasteiger partial charge in [-0.15, -0.1) is 0 Å². The van der Waals surface area contributed by atoms with E-state index in [-0.39, 0.29) is 11.1 Å². The third-order valence-electron chi connectivity index (χ3n) is 4.52. The second kappa shape index (κ2) is 9.20. The van der Waals surface area contributed by atoms with Gasteiger partial charge in [-0.2, -0.15) is 5.10 Å². The molecule has 1 aliphatic heterocycles. The van der Waals surface area contributed by atoms with Crippen LogP contribution in [0.5, 0.6) is 0 Å². The summed E-state index contributed by atoms with van der Waals surface area (Å²) in [5.41, 5.74) is 1.25. The Hall–Kier alpha value is -4.07. The number of nitrogens with zero attached hydrogens (tertiary/aromatic N) is 6. The molecule has 3 aromatic rings. The summed E-state index contributed by atoms with van der Waals surface area (Å²) >= 11 is 0. The highest BCUT2D eigenvalue weighted by Gasteiger charge is 2.18. The molecule has 1 aliphatic rings. The quantitative estimate of drug-likeness (QED) is 0.321. The first-order chi connectivity index (χ1) is 15.8. The first-order valence-corrected chi connectivity index (χ1v) is 10.3. The normalized spacial score (nSPS) is 14.9. The van der Waals surface area contributed by atoms with Gasteiger partial charge in [-0.3, -0.25) is 0 Å². The van der Waals surface area contributed by atoms with Crippen molar-refractivity contribution < 1.29 is 14.7 Å². The average Bonchev–Trinajstić information content (AvgIpc) is 3.27. The lowest BCUT2D eigenvalue weighted by Crippen LogP contribution is -3.09. The Kier molecular flexibility index (Phi) is 6.17. The Morgan fingerprint density at radius 2 is 2.00 bits per heavy atom. The van der Waals surface area contributed by atoms with Crippen molar-refractivity contribution in [2.75, 3.05) is 0 Å². The van der Waals surface area contributed by atoms with Crippen LogP contribution in [0.25, 0.3) is 12.4 Å². The van der Waals surface area contributed by atoms with Gasteiger partial charge in [0.2, 0.25) is 0 Å². The molecule has 1 atom stereocenters. The Balaban J connectivity index is 1.48. The number of aromatic nitrogens is 5. The molecule has 3 heterocycles. The minimum Gasteiger partial charge on any atom is -0.603 e. The predicted octanol–water partition coefficient (Wildman–Crippen LogP) is -0.635. The Morgan fingerprint density at radius 1 is 1.21 bits per heavy atom. The first kappa shape index (κ1) is 22.1. The smallest absolute Gasteiger partial charge is 0.338 e. The topological polar surface area (TPSA) is 114 Å². The summed E-state index contributed by atoms with van der Waals surface area (Å²) in [5, 5.41) is 18.9. The molecule has 2 aromatic heterocycles. The zero-order valence-corrected chi connectivity index (χ0v) is 18.5. The summed E-state index contributed by atoms with van der Waals surface area (Å²) in [6.07, 6.45) is 7.68. The number of ether oxygens (including phenoxy) is 1. The zero-order valence-electron chi connectivity index (χ0n) is 18.5. The molecule has 0 bridgehead atoms. The van der Waals surface area contributed by atoms with Crippen LogP contribution in [0, 0.1) is 17.0 Å². The van der Waals surface area contributed by atoms with E-state index in [2.05, 4.69) is 31.9 Å². The second-order valence-electron chi connectivity index (χ2n) is 8.36.